The van der Waals surface area contributed by atoms with E-state index in [4.69, 9.17) is 0 Å². The van der Waals surface area contributed by atoms with Gasteiger partial charge in [-0.25, -0.2) is 21.6 Å². The zero-order chi connectivity index (χ0) is 21.9. The second-order valence-corrected chi connectivity index (χ2v) is 11.0. The standard InChI is InChI=1S/C20H25N3O5S2/c1-15(2)22-29(25,26)18-10-8-17(9-11-18)21-20(24)16-6-5-7-19(14-16)30(27,28)23-12-3-4-13-23/h5-11,14-15,22H,3-4,12-13H2,1-2H3,(H,21,24). The summed E-state index contributed by atoms with van der Waals surface area (Å²) < 4.78 is 53.7. The van der Waals surface area contributed by atoms with Gasteiger partial charge in [0.2, 0.25) is 20.0 Å². The second kappa shape index (κ2) is 8.84. The molecule has 0 radical (unpaired) electrons. The Labute approximate surface area is 177 Å². The molecule has 2 N–H and O–H groups in total. The first kappa shape index (κ1) is 22.4. The van der Waals surface area contributed by atoms with E-state index in [1.54, 1.807) is 13.8 Å². The van der Waals surface area contributed by atoms with Crippen molar-refractivity contribution in [3.05, 3.63) is 54.1 Å². The highest BCUT2D eigenvalue weighted by Gasteiger charge is 2.27. The molecule has 1 fully saturated rings. The van der Waals surface area contributed by atoms with Crippen LogP contribution in [0.5, 0.6) is 0 Å². The molecular weight excluding hydrogens is 426 g/mol. The lowest BCUT2D eigenvalue weighted by molar-refractivity contribution is 0.102. The molecule has 0 atom stereocenters. The number of rotatable bonds is 7. The summed E-state index contributed by atoms with van der Waals surface area (Å²) >= 11 is 0. The molecule has 0 aromatic heterocycles. The zero-order valence-corrected chi connectivity index (χ0v) is 18.5. The van der Waals surface area contributed by atoms with E-state index in [9.17, 15) is 21.6 Å². The summed E-state index contributed by atoms with van der Waals surface area (Å²) in [5, 5.41) is 2.66. The molecule has 10 heteroatoms. The molecule has 1 heterocycles. The maximum absolute atomic E-state index is 12.7. The molecule has 0 aliphatic carbocycles. The van der Waals surface area contributed by atoms with Crippen molar-refractivity contribution in [2.45, 2.75) is 42.5 Å². The average Bonchev–Trinajstić information content (AvgIpc) is 3.23. The summed E-state index contributed by atoms with van der Waals surface area (Å²) in [5.41, 5.74) is 0.602. The predicted octanol–water partition coefficient (Wildman–Crippen LogP) is 2.41. The SMILES string of the molecule is CC(C)NS(=O)(=O)c1ccc(NC(=O)c2cccc(S(=O)(=O)N3CCCC3)c2)cc1. The minimum atomic E-state index is -3.62. The first-order valence-electron chi connectivity index (χ1n) is 9.63. The first-order chi connectivity index (χ1) is 14.1. The van der Waals surface area contributed by atoms with Gasteiger partial charge in [0, 0.05) is 30.4 Å². The van der Waals surface area contributed by atoms with E-state index >= 15 is 0 Å². The van der Waals surface area contributed by atoms with E-state index in [2.05, 4.69) is 10.0 Å². The highest BCUT2D eigenvalue weighted by atomic mass is 32.2. The summed E-state index contributed by atoms with van der Waals surface area (Å²) in [5.74, 6) is -0.482. The lowest BCUT2D eigenvalue weighted by Gasteiger charge is -2.16. The average molecular weight is 452 g/mol. The molecule has 0 spiro atoms. The highest BCUT2D eigenvalue weighted by molar-refractivity contribution is 7.89. The van der Waals surface area contributed by atoms with Gasteiger partial charge in [0.25, 0.3) is 5.91 Å². The maximum atomic E-state index is 12.7. The number of hydrogen-bond donors (Lipinski definition) is 2. The van der Waals surface area contributed by atoms with Gasteiger partial charge in [0.1, 0.15) is 0 Å². The van der Waals surface area contributed by atoms with E-state index in [0.717, 1.165) is 12.8 Å². The van der Waals surface area contributed by atoms with E-state index in [-0.39, 0.29) is 21.4 Å². The first-order valence-corrected chi connectivity index (χ1v) is 12.6. The van der Waals surface area contributed by atoms with Gasteiger partial charge >= 0.3 is 0 Å². The minimum absolute atomic E-state index is 0.0817. The van der Waals surface area contributed by atoms with Gasteiger partial charge in [-0.2, -0.15) is 4.31 Å². The molecule has 2 aromatic carbocycles. The molecule has 162 valence electrons. The number of anilines is 1. The van der Waals surface area contributed by atoms with Crippen LogP contribution >= 0.6 is 0 Å². The third-order valence-corrected chi connectivity index (χ3v) is 8.18. The molecule has 30 heavy (non-hydrogen) atoms. The Morgan fingerprint density at radius 3 is 2.17 bits per heavy atom. The van der Waals surface area contributed by atoms with Crippen LogP contribution in [0.1, 0.15) is 37.0 Å². The lowest BCUT2D eigenvalue weighted by Crippen LogP contribution is -2.30. The van der Waals surface area contributed by atoms with Crippen LogP contribution in [0.25, 0.3) is 0 Å². The smallest absolute Gasteiger partial charge is 0.255 e. The Bertz CT molecular complexity index is 1120. The summed E-state index contributed by atoms with van der Waals surface area (Å²) in [6, 6.07) is 11.4. The number of nitrogens with one attached hydrogen (secondary N) is 2. The maximum Gasteiger partial charge on any atom is 0.255 e. The number of nitrogens with zero attached hydrogens (tertiary/aromatic N) is 1. The van der Waals surface area contributed by atoms with Crippen LogP contribution in [0.2, 0.25) is 0 Å². The van der Waals surface area contributed by atoms with Crippen molar-refractivity contribution in [2.75, 3.05) is 18.4 Å². The van der Waals surface area contributed by atoms with E-state index in [0.29, 0.717) is 18.8 Å². The summed E-state index contributed by atoms with van der Waals surface area (Å²) in [4.78, 5) is 12.8. The molecule has 1 aliphatic rings. The fourth-order valence-corrected chi connectivity index (χ4v) is 5.99. The van der Waals surface area contributed by atoms with Crippen LogP contribution in [0.15, 0.2) is 58.3 Å². The minimum Gasteiger partial charge on any atom is -0.322 e. The van der Waals surface area contributed by atoms with E-state index in [1.165, 1.54) is 52.8 Å². The monoisotopic (exact) mass is 451 g/mol. The summed E-state index contributed by atoms with van der Waals surface area (Å²) in [6.45, 7) is 4.42. The Balaban J connectivity index is 1.75. The number of amides is 1. The van der Waals surface area contributed by atoms with Crippen molar-refractivity contribution < 1.29 is 21.6 Å². The van der Waals surface area contributed by atoms with Gasteiger partial charge in [-0.15, -0.1) is 0 Å². The number of sulfonamides is 2. The Hall–Kier alpha value is -2.27. The predicted molar refractivity (Wildman–Crippen MR) is 114 cm³/mol. The lowest BCUT2D eigenvalue weighted by atomic mass is 10.2. The fraction of sp³-hybridized carbons (Fsp3) is 0.350. The second-order valence-electron chi connectivity index (χ2n) is 7.39. The van der Waals surface area contributed by atoms with Gasteiger partial charge in [-0.05, 0) is 69.2 Å². The number of carbonyl (C=O) groups is 1. The van der Waals surface area contributed by atoms with Crippen LogP contribution in [0.3, 0.4) is 0 Å². The van der Waals surface area contributed by atoms with Gasteiger partial charge in [-0.1, -0.05) is 6.07 Å². The van der Waals surface area contributed by atoms with Crippen molar-refractivity contribution in [3.63, 3.8) is 0 Å². The molecule has 8 nitrogen and oxygen atoms in total. The number of carbonyl (C=O) groups excluding carboxylic acids is 1. The Morgan fingerprint density at radius 2 is 1.57 bits per heavy atom. The highest BCUT2D eigenvalue weighted by Crippen LogP contribution is 2.22. The van der Waals surface area contributed by atoms with Crippen LogP contribution < -0.4 is 10.0 Å². The molecule has 1 saturated heterocycles. The van der Waals surface area contributed by atoms with Crippen molar-refractivity contribution in [2.24, 2.45) is 0 Å². The molecule has 0 unspecified atom stereocenters. The molecule has 0 bridgehead atoms. The quantitative estimate of drug-likeness (QED) is 0.671. The number of benzene rings is 2. The van der Waals surface area contributed by atoms with E-state index in [1.807, 2.05) is 0 Å². The van der Waals surface area contributed by atoms with Gasteiger partial charge < -0.3 is 5.32 Å². The third kappa shape index (κ3) is 5.07. The fourth-order valence-electron chi connectivity index (χ4n) is 3.17. The Morgan fingerprint density at radius 1 is 0.933 bits per heavy atom. The molecular formula is C20H25N3O5S2. The van der Waals surface area contributed by atoms with Gasteiger partial charge in [0.05, 0.1) is 9.79 Å². The van der Waals surface area contributed by atoms with Crippen molar-refractivity contribution >= 4 is 31.6 Å². The van der Waals surface area contributed by atoms with Crippen LogP contribution in [-0.2, 0) is 20.0 Å². The van der Waals surface area contributed by atoms with Gasteiger partial charge in [-0.3, -0.25) is 4.79 Å². The van der Waals surface area contributed by atoms with Crippen LogP contribution in [0, 0.1) is 0 Å². The van der Waals surface area contributed by atoms with Crippen LogP contribution in [-0.4, -0.2) is 46.2 Å². The summed E-state index contributed by atoms with van der Waals surface area (Å²) in [7, 11) is -7.24. The third-order valence-electron chi connectivity index (χ3n) is 4.61. The van der Waals surface area contributed by atoms with Crippen LogP contribution in [0.4, 0.5) is 5.69 Å². The van der Waals surface area contributed by atoms with E-state index < -0.39 is 26.0 Å². The van der Waals surface area contributed by atoms with Gasteiger partial charge in [0.15, 0.2) is 0 Å². The Kier molecular flexibility index (Phi) is 6.61. The van der Waals surface area contributed by atoms with Crippen molar-refractivity contribution in [3.8, 4) is 0 Å². The molecule has 1 amide bonds. The molecule has 1 aliphatic heterocycles. The summed E-state index contributed by atoms with van der Waals surface area (Å²) in [6.07, 6.45) is 1.66. The normalized spacial score (nSPS) is 15.4. The zero-order valence-electron chi connectivity index (χ0n) is 16.8. The van der Waals surface area contributed by atoms with Crippen molar-refractivity contribution in [1.29, 1.82) is 0 Å². The number of hydrogen-bond acceptors (Lipinski definition) is 5. The molecule has 3 rings (SSSR count). The van der Waals surface area contributed by atoms with Crippen molar-refractivity contribution in [1.82, 2.24) is 9.03 Å². The largest absolute Gasteiger partial charge is 0.322 e. The topological polar surface area (TPSA) is 113 Å². The molecule has 0 saturated carbocycles. The molecule has 2 aromatic rings.